The summed E-state index contributed by atoms with van der Waals surface area (Å²) in [5, 5.41) is 0.282. The van der Waals surface area contributed by atoms with E-state index in [4.69, 9.17) is 36.0 Å². The normalized spacial score (nSPS) is 28.4. The third-order valence-electron chi connectivity index (χ3n) is 9.58. The summed E-state index contributed by atoms with van der Waals surface area (Å²) >= 11 is 6.80. The van der Waals surface area contributed by atoms with Gasteiger partial charge >= 0.3 is 6.01 Å². The molecule has 8 rings (SSSR count). The van der Waals surface area contributed by atoms with E-state index in [1.165, 1.54) is 18.2 Å². The Morgan fingerprint density at radius 3 is 2.87 bits per heavy atom. The van der Waals surface area contributed by atoms with Crippen molar-refractivity contribution in [2.24, 2.45) is 5.92 Å². The van der Waals surface area contributed by atoms with Gasteiger partial charge in [0.2, 0.25) is 0 Å². The molecule has 4 fully saturated rings. The molecule has 13 heteroatoms. The van der Waals surface area contributed by atoms with Crippen LogP contribution in [0.4, 0.5) is 29.1 Å². The highest BCUT2D eigenvalue weighted by atomic mass is 35.5. The van der Waals surface area contributed by atoms with Crippen LogP contribution in [0.2, 0.25) is 5.15 Å². The third-order valence-corrected chi connectivity index (χ3v) is 9.85. The SMILES string of the molecule is [2H]C([2H])(Oc1nc(N2CCOC[C@H]3[C@H](F)[C@H]32)c2c(Cl)nc(-c3cc(N)cc4ccc(F)c(C#C)c34)c(F)c2n1)[C@@]12CCCN1C[C@H](F)C2. The highest BCUT2D eigenvalue weighted by Crippen LogP contribution is 2.47. The van der Waals surface area contributed by atoms with Crippen molar-refractivity contribution in [1.82, 2.24) is 19.9 Å². The van der Waals surface area contributed by atoms with E-state index in [0.29, 0.717) is 24.8 Å². The second-order valence-corrected chi connectivity index (χ2v) is 12.7. The van der Waals surface area contributed by atoms with E-state index in [-0.39, 0.29) is 77.0 Å². The van der Waals surface area contributed by atoms with Gasteiger partial charge in [-0.2, -0.15) is 9.97 Å². The molecule has 1 saturated carbocycles. The largest absolute Gasteiger partial charge is 0.461 e. The highest BCUT2D eigenvalue weighted by Gasteiger charge is 2.56. The number of hydrogen-bond acceptors (Lipinski definition) is 8. The predicted molar refractivity (Wildman–Crippen MR) is 166 cm³/mol. The Morgan fingerprint density at radius 1 is 1.20 bits per heavy atom. The van der Waals surface area contributed by atoms with Gasteiger partial charge in [0, 0.05) is 42.1 Å². The minimum absolute atomic E-state index is 0.0160. The number of terminal acetylenes is 1. The molecule has 0 spiro atoms. The minimum Gasteiger partial charge on any atom is -0.461 e. The summed E-state index contributed by atoms with van der Waals surface area (Å²) in [5.41, 5.74) is 4.25. The molecular weight excluding hydrogens is 624 g/mol. The number of nitrogens with zero attached hydrogens (tertiary/aromatic N) is 5. The second kappa shape index (κ2) is 10.8. The standard InChI is InChI=1S/C33H29ClF4N6O2/c1-2-19-22(36)5-4-16-10-18(39)11-20(23(16)19)27-26(38)28-24(30(34)40-27)31(44-8-9-45-14-21-25(37)29(21)44)42-32(41-28)46-15-33-6-3-7-43(33)13-17(35)12-33/h1,4-5,10-11,17,21,25,29H,3,6-9,12-15,39H2/t17-,21+,25+,29+,33+/m1/s1/i15D2. The van der Waals surface area contributed by atoms with Crippen molar-refractivity contribution in [2.75, 3.05) is 50.0 Å². The quantitative estimate of drug-likeness (QED) is 0.131. The maximum atomic E-state index is 17.0. The fourth-order valence-corrected chi connectivity index (χ4v) is 7.66. The Balaban J connectivity index is 1.35. The Labute approximate surface area is 269 Å². The first-order valence-electron chi connectivity index (χ1n) is 16.1. The van der Waals surface area contributed by atoms with Crippen molar-refractivity contribution in [3.63, 3.8) is 0 Å². The molecule has 4 aromatic rings. The molecule has 3 aliphatic heterocycles. The monoisotopic (exact) mass is 654 g/mol. The minimum atomic E-state index is -2.50. The molecule has 238 valence electrons. The van der Waals surface area contributed by atoms with Crippen molar-refractivity contribution in [2.45, 2.75) is 43.2 Å². The van der Waals surface area contributed by atoms with Crippen LogP contribution in [0.3, 0.4) is 0 Å². The summed E-state index contributed by atoms with van der Waals surface area (Å²) in [5.74, 6) is 0.103. The van der Waals surface area contributed by atoms with E-state index in [9.17, 15) is 8.78 Å². The number of alkyl halides is 2. The Hall–Kier alpha value is -3.92. The van der Waals surface area contributed by atoms with Crippen LogP contribution in [-0.2, 0) is 4.74 Å². The summed E-state index contributed by atoms with van der Waals surface area (Å²) in [7, 11) is 0. The molecular formula is C33H29ClF4N6O2. The lowest BCUT2D eigenvalue weighted by molar-refractivity contribution is 0.107. The number of rotatable bonds is 5. The number of nitrogens with two attached hydrogens (primary N) is 1. The molecule has 0 amide bonds. The van der Waals surface area contributed by atoms with Gasteiger partial charge in [0.25, 0.3) is 0 Å². The zero-order chi connectivity index (χ0) is 33.7. The number of ether oxygens (including phenoxy) is 2. The number of pyridine rings is 1. The van der Waals surface area contributed by atoms with Crippen LogP contribution in [0.1, 0.15) is 27.6 Å². The second-order valence-electron chi connectivity index (χ2n) is 12.3. The van der Waals surface area contributed by atoms with Crippen LogP contribution in [0.15, 0.2) is 24.3 Å². The number of aromatic nitrogens is 3. The van der Waals surface area contributed by atoms with Crippen molar-refractivity contribution in [1.29, 1.82) is 0 Å². The summed E-state index contributed by atoms with van der Waals surface area (Å²) in [6.07, 6.45) is 4.04. The van der Waals surface area contributed by atoms with E-state index in [2.05, 4.69) is 20.9 Å². The lowest BCUT2D eigenvalue weighted by atomic mass is 9.95. The molecule has 8 nitrogen and oxygen atoms in total. The number of anilines is 2. The third kappa shape index (κ3) is 4.54. The first kappa shape index (κ1) is 27.2. The predicted octanol–water partition coefficient (Wildman–Crippen LogP) is 5.47. The summed E-state index contributed by atoms with van der Waals surface area (Å²) in [6.45, 7) is -1.39. The van der Waals surface area contributed by atoms with Gasteiger partial charge in [0.15, 0.2) is 5.82 Å². The van der Waals surface area contributed by atoms with Crippen LogP contribution < -0.4 is 15.4 Å². The van der Waals surface area contributed by atoms with Gasteiger partial charge in [-0.25, -0.2) is 22.5 Å². The number of fused-ring (bicyclic) bond motifs is 4. The summed E-state index contributed by atoms with van der Waals surface area (Å²) in [6, 6.07) is 4.37. The van der Waals surface area contributed by atoms with E-state index in [0.717, 1.165) is 0 Å². The molecule has 5 atom stereocenters. The number of halogens is 5. The molecule has 46 heavy (non-hydrogen) atoms. The molecule has 5 heterocycles. The summed E-state index contributed by atoms with van der Waals surface area (Å²) < 4.78 is 91.1. The fourth-order valence-electron chi connectivity index (χ4n) is 7.40. The van der Waals surface area contributed by atoms with Crippen LogP contribution in [-0.4, -0.2) is 83.2 Å². The molecule has 0 unspecified atom stereocenters. The van der Waals surface area contributed by atoms with Crippen molar-refractivity contribution in [3.8, 4) is 29.6 Å². The zero-order valence-corrected chi connectivity index (χ0v) is 25.1. The van der Waals surface area contributed by atoms with E-state index >= 15 is 8.78 Å². The van der Waals surface area contributed by atoms with Gasteiger partial charge in [0.05, 0.1) is 38.5 Å². The highest BCUT2D eigenvalue weighted by molar-refractivity contribution is 6.35. The van der Waals surface area contributed by atoms with Gasteiger partial charge in [-0.05, 0) is 43.0 Å². The topological polar surface area (TPSA) is 89.6 Å². The number of nitrogen functional groups attached to an aromatic ring is 1. The molecule has 0 bridgehead atoms. The molecule has 3 saturated heterocycles. The first-order chi connectivity index (χ1) is 22.9. The van der Waals surface area contributed by atoms with Gasteiger partial charge in [-0.1, -0.05) is 23.6 Å². The molecule has 4 aliphatic rings. The fraction of sp³-hybridized carbons (Fsp3) is 0.424. The summed E-state index contributed by atoms with van der Waals surface area (Å²) in [4.78, 5) is 16.5. The number of hydrogen-bond donors (Lipinski definition) is 1. The average Bonchev–Trinajstić information content (AvgIpc) is 3.40. The van der Waals surface area contributed by atoms with E-state index in [1.54, 1.807) is 15.9 Å². The first-order valence-corrected chi connectivity index (χ1v) is 15.4. The molecule has 2 N–H and O–H groups in total. The average molecular weight is 655 g/mol. The van der Waals surface area contributed by atoms with Crippen molar-refractivity contribution < 1.29 is 29.8 Å². The van der Waals surface area contributed by atoms with E-state index in [1.807, 2.05) is 0 Å². The molecule has 1 aliphatic carbocycles. The zero-order valence-electron chi connectivity index (χ0n) is 26.4. The van der Waals surface area contributed by atoms with Crippen LogP contribution in [0.25, 0.3) is 32.9 Å². The van der Waals surface area contributed by atoms with Crippen molar-refractivity contribution in [3.05, 3.63) is 46.6 Å². The Kier molecular flexibility index (Phi) is 6.40. The maximum absolute atomic E-state index is 17.0. The lowest BCUT2D eigenvalue weighted by Crippen LogP contribution is -2.43. The molecule has 2 aromatic heterocycles. The van der Waals surface area contributed by atoms with E-state index < -0.39 is 59.6 Å². The van der Waals surface area contributed by atoms with Gasteiger partial charge in [-0.3, -0.25) is 4.90 Å². The molecule has 0 radical (unpaired) electrons. The van der Waals surface area contributed by atoms with Crippen LogP contribution >= 0.6 is 11.6 Å². The van der Waals surface area contributed by atoms with Crippen molar-refractivity contribution >= 4 is 44.8 Å². The van der Waals surface area contributed by atoms with Gasteiger partial charge in [0.1, 0.15) is 46.9 Å². The van der Waals surface area contributed by atoms with Gasteiger partial charge in [-0.15, -0.1) is 6.42 Å². The van der Waals surface area contributed by atoms with Crippen LogP contribution in [0.5, 0.6) is 6.01 Å². The smallest absolute Gasteiger partial charge is 0.319 e. The van der Waals surface area contributed by atoms with Gasteiger partial charge < -0.3 is 20.1 Å². The number of benzene rings is 2. The maximum Gasteiger partial charge on any atom is 0.319 e. The Morgan fingerprint density at radius 2 is 2.04 bits per heavy atom. The molecule has 2 aromatic carbocycles. The Bertz CT molecular complexity index is 2050. The van der Waals surface area contributed by atoms with Crippen LogP contribution in [0, 0.1) is 29.9 Å². The lowest BCUT2D eigenvalue weighted by Gasteiger charge is -2.31.